The van der Waals surface area contributed by atoms with E-state index in [4.69, 9.17) is 25.5 Å². The molecule has 0 saturated carbocycles. The highest BCUT2D eigenvalue weighted by atomic mass is 35.5. The largest absolute Gasteiger partial charge is 0.496 e. The Balaban J connectivity index is 1.67. The molecule has 0 radical (unpaired) electrons. The number of hydrogen-bond acceptors (Lipinski definition) is 7. The third-order valence-electron chi connectivity index (χ3n) is 5.99. The van der Waals surface area contributed by atoms with E-state index in [-0.39, 0.29) is 12.2 Å². The highest BCUT2D eigenvalue weighted by Crippen LogP contribution is 2.35. The maximum atomic E-state index is 13.8. The van der Waals surface area contributed by atoms with Crippen molar-refractivity contribution in [2.75, 3.05) is 13.7 Å². The van der Waals surface area contributed by atoms with Gasteiger partial charge >= 0.3 is 5.97 Å². The van der Waals surface area contributed by atoms with Gasteiger partial charge in [-0.05, 0) is 44.2 Å². The summed E-state index contributed by atoms with van der Waals surface area (Å²) in [6, 6.07) is 17.5. The maximum Gasteiger partial charge on any atom is 0.338 e. The van der Waals surface area contributed by atoms with Crippen LogP contribution in [-0.2, 0) is 9.53 Å². The number of allylic oxidation sites excluding steroid dienone is 1. The average Bonchev–Trinajstić information content (AvgIpc) is 3.48. The van der Waals surface area contributed by atoms with Crippen molar-refractivity contribution in [3.8, 4) is 17.1 Å². The Morgan fingerprint density at radius 3 is 2.68 bits per heavy atom. The van der Waals surface area contributed by atoms with Gasteiger partial charge in [0.15, 0.2) is 4.80 Å². The quantitative estimate of drug-likeness (QED) is 0.334. The number of para-hydroxylation sites is 1. The molecule has 2 aromatic carbocycles. The highest BCUT2D eigenvalue weighted by Gasteiger charge is 2.35. The second-order valence-corrected chi connectivity index (χ2v) is 9.64. The first-order valence-corrected chi connectivity index (χ1v) is 12.8. The van der Waals surface area contributed by atoms with Gasteiger partial charge in [0, 0.05) is 17.2 Å². The summed E-state index contributed by atoms with van der Waals surface area (Å²) in [6.07, 6.45) is 1.67. The van der Waals surface area contributed by atoms with E-state index >= 15 is 0 Å². The lowest BCUT2D eigenvalue weighted by atomic mass is 9.95. The van der Waals surface area contributed by atoms with Crippen LogP contribution in [0.15, 0.2) is 86.1 Å². The van der Waals surface area contributed by atoms with Crippen molar-refractivity contribution in [3.63, 3.8) is 0 Å². The van der Waals surface area contributed by atoms with E-state index in [1.165, 1.54) is 15.9 Å². The average molecular weight is 535 g/mol. The summed E-state index contributed by atoms with van der Waals surface area (Å²) >= 11 is 7.53. The van der Waals surface area contributed by atoms with Gasteiger partial charge in [0.2, 0.25) is 0 Å². The smallest absolute Gasteiger partial charge is 0.338 e. The van der Waals surface area contributed by atoms with Crippen molar-refractivity contribution in [1.82, 2.24) is 4.57 Å². The number of carbonyl (C=O) groups excluding carboxylic acids is 1. The molecule has 3 heterocycles. The zero-order chi connectivity index (χ0) is 26.1. The number of thiazole rings is 1. The minimum absolute atomic E-state index is 0.199. The van der Waals surface area contributed by atoms with Crippen LogP contribution < -0.4 is 19.6 Å². The first-order chi connectivity index (χ1) is 17.9. The van der Waals surface area contributed by atoms with Gasteiger partial charge in [-0.15, -0.1) is 0 Å². The number of furan rings is 1. The second kappa shape index (κ2) is 10.2. The number of methoxy groups -OCH3 is 1. The Morgan fingerprint density at radius 2 is 1.92 bits per heavy atom. The highest BCUT2D eigenvalue weighted by molar-refractivity contribution is 7.07. The minimum atomic E-state index is -0.760. The number of esters is 1. The van der Waals surface area contributed by atoms with E-state index in [1.807, 2.05) is 42.5 Å². The van der Waals surface area contributed by atoms with Crippen molar-refractivity contribution in [1.29, 1.82) is 0 Å². The number of carbonyl (C=O) groups is 1. The number of aromatic nitrogens is 1. The van der Waals surface area contributed by atoms with Crippen molar-refractivity contribution >= 4 is 35.0 Å². The molecule has 4 aromatic rings. The fourth-order valence-corrected chi connectivity index (χ4v) is 5.60. The van der Waals surface area contributed by atoms with E-state index < -0.39 is 12.0 Å². The van der Waals surface area contributed by atoms with Gasteiger partial charge in [0.05, 0.1) is 34.5 Å². The summed E-state index contributed by atoms with van der Waals surface area (Å²) in [4.78, 5) is 31.9. The van der Waals surface area contributed by atoms with Crippen LogP contribution in [0.5, 0.6) is 5.75 Å². The summed E-state index contributed by atoms with van der Waals surface area (Å²) in [5.74, 6) is 1.12. The van der Waals surface area contributed by atoms with Crippen LogP contribution in [0.3, 0.4) is 0 Å². The molecular formula is C28H23ClN2O5S. The Bertz CT molecular complexity index is 1710. The van der Waals surface area contributed by atoms with Crippen LogP contribution in [0, 0.1) is 0 Å². The first kappa shape index (κ1) is 24.8. The molecule has 0 amide bonds. The molecule has 0 saturated heterocycles. The molecule has 0 bridgehead atoms. The number of ether oxygens (including phenoxy) is 2. The molecule has 1 atom stereocenters. The van der Waals surface area contributed by atoms with Crippen LogP contribution in [0.4, 0.5) is 0 Å². The van der Waals surface area contributed by atoms with Gasteiger partial charge in [-0.1, -0.05) is 53.3 Å². The summed E-state index contributed by atoms with van der Waals surface area (Å²) in [5, 5.41) is 0.571. The van der Waals surface area contributed by atoms with Gasteiger partial charge in [0.1, 0.15) is 23.3 Å². The lowest BCUT2D eigenvalue weighted by Gasteiger charge is -2.25. The molecule has 0 N–H and O–H groups in total. The molecule has 0 spiro atoms. The Morgan fingerprint density at radius 1 is 1.16 bits per heavy atom. The van der Waals surface area contributed by atoms with E-state index in [9.17, 15) is 9.59 Å². The van der Waals surface area contributed by atoms with Crippen LogP contribution in [-0.4, -0.2) is 24.3 Å². The monoisotopic (exact) mass is 534 g/mol. The molecule has 2 aromatic heterocycles. The van der Waals surface area contributed by atoms with E-state index in [0.29, 0.717) is 48.5 Å². The van der Waals surface area contributed by atoms with Gasteiger partial charge in [-0.2, -0.15) is 0 Å². The molecule has 7 nitrogen and oxygen atoms in total. The maximum absolute atomic E-state index is 13.8. The molecule has 1 unspecified atom stereocenters. The molecule has 5 rings (SSSR count). The van der Waals surface area contributed by atoms with Crippen molar-refractivity contribution in [2.45, 2.75) is 19.9 Å². The zero-order valence-corrected chi connectivity index (χ0v) is 21.9. The Hall–Kier alpha value is -3.88. The van der Waals surface area contributed by atoms with Gasteiger partial charge in [-0.25, -0.2) is 9.79 Å². The molecular weight excluding hydrogens is 512 g/mol. The fourth-order valence-electron chi connectivity index (χ4n) is 4.34. The van der Waals surface area contributed by atoms with Crippen LogP contribution in [0.2, 0.25) is 5.02 Å². The number of halogens is 1. The van der Waals surface area contributed by atoms with E-state index in [2.05, 4.69) is 4.99 Å². The molecule has 1 aliphatic heterocycles. The topological polar surface area (TPSA) is 83.0 Å². The fraction of sp³-hybridized carbons (Fsp3) is 0.179. The molecule has 37 heavy (non-hydrogen) atoms. The molecule has 1 aliphatic rings. The minimum Gasteiger partial charge on any atom is -0.496 e. The predicted molar refractivity (Wildman–Crippen MR) is 143 cm³/mol. The SMILES string of the molecule is CCOC(=O)C1=C(C)N=c2sc(=Cc3ccc(-c4ccccc4Cl)o3)c(=O)n2C1c1ccccc1OC. The number of fused-ring (bicyclic) bond motifs is 1. The molecule has 0 aliphatic carbocycles. The third kappa shape index (κ3) is 4.54. The van der Waals surface area contributed by atoms with Gasteiger partial charge < -0.3 is 13.9 Å². The zero-order valence-electron chi connectivity index (χ0n) is 20.4. The van der Waals surface area contributed by atoms with Crippen molar-refractivity contribution in [2.24, 2.45) is 4.99 Å². The van der Waals surface area contributed by atoms with Crippen molar-refractivity contribution in [3.05, 3.63) is 108 Å². The number of rotatable bonds is 6. The van der Waals surface area contributed by atoms with Crippen LogP contribution in [0.25, 0.3) is 17.4 Å². The van der Waals surface area contributed by atoms with Crippen LogP contribution >= 0.6 is 22.9 Å². The lowest BCUT2D eigenvalue weighted by molar-refractivity contribution is -0.139. The van der Waals surface area contributed by atoms with Crippen LogP contribution in [0.1, 0.15) is 31.2 Å². The summed E-state index contributed by atoms with van der Waals surface area (Å²) in [7, 11) is 1.55. The normalized spacial score (nSPS) is 15.4. The van der Waals surface area contributed by atoms with E-state index in [0.717, 1.165) is 5.56 Å². The third-order valence-corrected chi connectivity index (χ3v) is 7.30. The Labute approximate surface area is 221 Å². The number of nitrogens with zero attached hydrogens (tertiary/aromatic N) is 2. The standard InChI is InChI=1S/C28H23ClN2O5S/c1-4-35-27(33)24-16(2)30-28-31(25(24)19-10-6-8-12-21(19)34-3)26(32)23(37-28)15-17-13-14-22(36-17)18-9-5-7-11-20(18)29/h5-15,25H,4H2,1-3H3. The summed E-state index contributed by atoms with van der Waals surface area (Å²) in [5.41, 5.74) is 1.90. The van der Waals surface area contributed by atoms with Gasteiger partial charge in [0.25, 0.3) is 5.56 Å². The lowest BCUT2D eigenvalue weighted by Crippen LogP contribution is -2.40. The molecule has 9 heteroatoms. The number of benzene rings is 2. The van der Waals surface area contributed by atoms with Gasteiger partial charge in [-0.3, -0.25) is 9.36 Å². The Kier molecular flexibility index (Phi) is 6.86. The first-order valence-electron chi connectivity index (χ1n) is 11.6. The summed E-state index contributed by atoms with van der Waals surface area (Å²) in [6.45, 7) is 3.68. The second-order valence-electron chi connectivity index (χ2n) is 8.23. The summed E-state index contributed by atoms with van der Waals surface area (Å²) < 4.78 is 18.8. The molecule has 188 valence electrons. The molecule has 0 fully saturated rings. The predicted octanol–water partition coefficient (Wildman–Crippen LogP) is 4.72. The number of hydrogen-bond donors (Lipinski definition) is 0. The van der Waals surface area contributed by atoms with Crippen molar-refractivity contribution < 1.29 is 18.7 Å². The van der Waals surface area contributed by atoms with E-state index in [1.54, 1.807) is 45.2 Å².